The molecule has 114 valence electrons. The molecule has 1 rings (SSSR count). The Balaban J connectivity index is 2.12. The average Bonchev–Trinajstić information content (AvgIpc) is 2.94. The highest BCUT2D eigenvalue weighted by atomic mass is 16.5. The number of hydrogen-bond acceptors (Lipinski definition) is 3. The Kier molecular flexibility index (Phi) is 10.4. The second kappa shape index (κ2) is 11.7. The van der Waals surface area contributed by atoms with Gasteiger partial charge >= 0.3 is 0 Å². The Hall–Kier alpha value is -0.120. The van der Waals surface area contributed by atoms with Gasteiger partial charge < -0.3 is 14.8 Å². The lowest BCUT2D eigenvalue weighted by molar-refractivity contribution is 0.0875. The van der Waals surface area contributed by atoms with Gasteiger partial charge in [0.05, 0.1) is 0 Å². The van der Waals surface area contributed by atoms with Gasteiger partial charge in [-0.05, 0) is 44.2 Å². The van der Waals surface area contributed by atoms with E-state index < -0.39 is 0 Å². The van der Waals surface area contributed by atoms with Gasteiger partial charge in [-0.25, -0.2) is 0 Å². The molecule has 3 heteroatoms. The summed E-state index contributed by atoms with van der Waals surface area (Å²) in [5, 5.41) is 3.60. The highest BCUT2D eigenvalue weighted by molar-refractivity contribution is 4.77. The third-order valence-corrected chi connectivity index (χ3v) is 4.17. The van der Waals surface area contributed by atoms with Gasteiger partial charge in [-0.3, -0.25) is 0 Å². The summed E-state index contributed by atoms with van der Waals surface area (Å²) in [6, 6.07) is 0. The van der Waals surface area contributed by atoms with Crippen LogP contribution in [0.15, 0.2) is 0 Å². The Morgan fingerprint density at radius 1 is 1.16 bits per heavy atom. The molecule has 0 heterocycles. The molecule has 0 aromatic heterocycles. The molecule has 0 amide bonds. The Morgan fingerprint density at radius 2 is 1.95 bits per heavy atom. The van der Waals surface area contributed by atoms with Crippen molar-refractivity contribution in [1.29, 1.82) is 0 Å². The van der Waals surface area contributed by atoms with Crippen molar-refractivity contribution in [1.82, 2.24) is 5.32 Å². The standard InChI is InChI=1S/C16H33NO2/c1-3-10-17-14-16(15-7-4-5-8-15)9-13-19-12-6-11-18-2/h15-17H,3-14H2,1-2H3. The molecule has 1 atom stereocenters. The lowest BCUT2D eigenvalue weighted by Crippen LogP contribution is -2.29. The van der Waals surface area contributed by atoms with Crippen LogP contribution < -0.4 is 5.32 Å². The quantitative estimate of drug-likeness (QED) is 0.553. The Bertz CT molecular complexity index is 193. The molecule has 1 saturated carbocycles. The number of methoxy groups -OCH3 is 1. The van der Waals surface area contributed by atoms with E-state index in [9.17, 15) is 0 Å². The molecule has 1 aliphatic carbocycles. The molecule has 0 aliphatic heterocycles. The summed E-state index contributed by atoms with van der Waals surface area (Å²) in [5.74, 6) is 1.75. The maximum absolute atomic E-state index is 5.72. The topological polar surface area (TPSA) is 30.5 Å². The molecule has 0 spiro atoms. The minimum Gasteiger partial charge on any atom is -0.385 e. The van der Waals surface area contributed by atoms with E-state index >= 15 is 0 Å². The number of rotatable bonds is 12. The summed E-state index contributed by atoms with van der Waals surface area (Å²) in [7, 11) is 1.75. The van der Waals surface area contributed by atoms with E-state index in [0.29, 0.717) is 0 Å². The van der Waals surface area contributed by atoms with Crippen LogP contribution in [0.5, 0.6) is 0 Å². The monoisotopic (exact) mass is 271 g/mol. The van der Waals surface area contributed by atoms with Crippen LogP contribution in [0, 0.1) is 11.8 Å². The van der Waals surface area contributed by atoms with E-state index in [0.717, 1.165) is 44.6 Å². The third-order valence-electron chi connectivity index (χ3n) is 4.17. The van der Waals surface area contributed by atoms with Crippen LogP contribution in [-0.4, -0.2) is 40.0 Å². The first-order valence-electron chi connectivity index (χ1n) is 8.15. The summed E-state index contributed by atoms with van der Waals surface area (Å²) in [4.78, 5) is 0. The molecule has 1 N–H and O–H groups in total. The molecule has 1 aliphatic rings. The van der Waals surface area contributed by atoms with Crippen molar-refractivity contribution in [2.45, 2.75) is 51.9 Å². The van der Waals surface area contributed by atoms with Crippen LogP contribution in [0.25, 0.3) is 0 Å². The van der Waals surface area contributed by atoms with Crippen molar-refractivity contribution in [2.75, 3.05) is 40.0 Å². The number of hydrogen-bond donors (Lipinski definition) is 1. The van der Waals surface area contributed by atoms with Crippen LogP contribution >= 0.6 is 0 Å². The SMILES string of the molecule is CCCNCC(CCOCCCOC)C1CCCC1. The van der Waals surface area contributed by atoms with Crippen LogP contribution in [0.1, 0.15) is 51.9 Å². The molecular weight excluding hydrogens is 238 g/mol. The maximum atomic E-state index is 5.72. The van der Waals surface area contributed by atoms with Gasteiger partial charge in [0.2, 0.25) is 0 Å². The first-order valence-corrected chi connectivity index (χ1v) is 8.15. The molecule has 0 bridgehead atoms. The fourth-order valence-electron chi connectivity index (χ4n) is 3.04. The fraction of sp³-hybridized carbons (Fsp3) is 1.00. The highest BCUT2D eigenvalue weighted by Gasteiger charge is 2.24. The molecule has 0 aromatic rings. The van der Waals surface area contributed by atoms with E-state index in [1.807, 2.05) is 0 Å². The van der Waals surface area contributed by atoms with E-state index in [1.165, 1.54) is 45.1 Å². The highest BCUT2D eigenvalue weighted by Crippen LogP contribution is 2.32. The molecule has 0 aromatic carbocycles. The second-order valence-electron chi connectivity index (χ2n) is 5.76. The Labute approximate surface area is 119 Å². The minimum absolute atomic E-state index is 0.810. The number of nitrogens with one attached hydrogen (secondary N) is 1. The largest absolute Gasteiger partial charge is 0.385 e. The molecular formula is C16H33NO2. The lowest BCUT2D eigenvalue weighted by atomic mass is 9.88. The zero-order valence-electron chi connectivity index (χ0n) is 13.0. The molecule has 0 radical (unpaired) electrons. The second-order valence-corrected chi connectivity index (χ2v) is 5.76. The van der Waals surface area contributed by atoms with Gasteiger partial charge in [0.1, 0.15) is 0 Å². The lowest BCUT2D eigenvalue weighted by Gasteiger charge is -2.24. The van der Waals surface area contributed by atoms with Crippen molar-refractivity contribution >= 4 is 0 Å². The zero-order chi connectivity index (χ0) is 13.8. The molecule has 1 unspecified atom stereocenters. The zero-order valence-corrected chi connectivity index (χ0v) is 13.0. The average molecular weight is 271 g/mol. The summed E-state index contributed by atoms with van der Waals surface area (Å²) in [5.41, 5.74) is 0. The van der Waals surface area contributed by atoms with Crippen LogP contribution in [0.2, 0.25) is 0 Å². The van der Waals surface area contributed by atoms with E-state index in [-0.39, 0.29) is 0 Å². The van der Waals surface area contributed by atoms with Gasteiger partial charge in [-0.1, -0.05) is 32.6 Å². The van der Waals surface area contributed by atoms with E-state index in [2.05, 4.69) is 12.2 Å². The Morgan fingerprint density at radius 3 is 2.63 bits per heavy atom. The van der Waals surface area contributed by atoms with Gasteiger partial charge in [0.25, 0.3) is 0 Å². The molecule has 1 fully saturated rings. The molecule has 19 heavy (non-hydrogen) atoms. The van der Waals surface area contributed by atoms with E-state index in [1.54, 1.807) is 7.11 Å². The summed E-state index contributed by atoms with van der Waals surface area (Å²) in [6.45, 7) is 7.13. The molecule has 0 saturated heterocycles. The van der Waals surface area contributed by atoms with Crippen molar-refractivity contribution in [3.8, 4) is 0 Å². The van der Waals surface area contributed by atoms with Gasteiger partial charge in [0.15, 0.2) is 0 Å². The first-order chi connectivity index (χ1) is 9.38. The normalized spacial score (nSPS) is 18.0. The third kappa shape index (κ3) is 7.91. The minimum atomic E-state index is 0.810. The van der Waals surface area contributed by atoms with Crippen molar-refractivity contribution in [2.24, 2.45) is 11.8 Å². The summed E-state index contributed by atoms with van der Waals surface area (Å²) >= 11 is 0. The maximum Gasteiger partial charge on any atom is 0.0487 e. The van der Waals surface area contributed by atoms with Gasteiger partial charge in [0, 0.05) is 26.9 Å². The van der Waals surface area contributed by atoms with E-state index in [4.69, 9.17) is 9.47 Å². The van der Waals surface area contributed by atoms with Crippen LogP contribution in [0.3, 0.4) is 0 Å². The fourth-order valence-corrected chi connectivity index (χ4v) is 3.04. The van der Waals surface area contributed by atoms with Crippen molar-refractivity contribution in [3.05, 3.63) is 0 Å². The summed E-state index contributed by atoms with van der Waals surface area (Å²) in [6.07, 6.45) is 9.19. The number of ether oxygens (including phenoxy) is 2. The predicted molar refractivity (Wildman–Crippen MR) is 80.5 cm³/mol. The molecule has 3 nitrogen and oxygen atoms in total. The van der Waals surface area contributed by atoms with Crippen LogP contribution in [0.4, 0.5) is 0 Å². The van der Waals surface area contributed by atoms with Gasteiger partial charge in [-0.15, -0.1) is 0 Å². The van der Waals surface area contributed by atoms with Crippen LogP contribution in [-0.2, 0) is 9.47 Å². The van der Waals surface area contributed by atoms with Gasteiger partial charge in [-0.2, -0.15) is 0 Å². The van der Waals surface area contributed by atoms with Crippen molar-refractivity contribution in [3.63, 3.8) is 0 Å². The van der Waals surface area contributed by atoms with Crippen molar-refractivity contribution < 1.29 is 9.47 Å². The summed E-state index contributed by atoms with van der Waals surface area (Å²) < 4.78 is 10.8. The smallest absolute Gasteiger partial charge is 0.0487 e. The first kappa shape index (κ1) is 16.9. The predicted octanol–water partition coefficient (Wildman–Crippen LogP) is 3.24.